The van der Waals surface area contributed by atoms with E-state index in [1.165, 1.54) is 0 Å². The smallest absolute Gasteiger partial charge is 0.351 e. The summed E-state index contributed by atoms with van der Waals surface area (Å²) in [5.74, 6) is -0.183. The number of rotatable bonds is 6. The van der Waals surface area contributed by atoms with Gasteiger partial charge in [0.25, 0.3) is 0 Å². The van der Waals surface area contributed by atoms with Crippen molar-refractivity contribution in [2.75, 3.05) is 32.7 Å². The fourth-order valence-electron chi connectivity index (χ4n) is 3.42. The molecule has 1 heterocycles. The molecule has 1 aliphatic heterocycles. The van der Waals surface area contributed by atoms with Crippen LogP contribution in [0.1, 0.15) is 16.7 Å². The van der Waals surface area contributed by atoms with Crippen LogP contribution in [0.15, 0.2) is 47.4 Å². The zero-order valence-corrected chi connectivity index (χ0v) is 18.9. The Kier molecular flexibility index (Phi) is 7.49. The second kappa shape index (κ2) is 9.78. The molecule has 3 rings (SSSR count). The quantitative estimate of drug-likeness (QED) is 0.676. The molecule has 1 saturated heterocycles. The van der Waals surface area contributed by atoms with Crippen molar-refractivity contribution in [3.63, 3.8) is 0 Å². The molecule has 0 aromatic heterocycles. The highest BCUT2D eigenvalue weighted by Crippen LogP contribution is 2.36. The van der Waals surface area contributed by atoms with E-state index < -0.39 is 31.7 Å². The number of sulfonamides is 1. The van der Waals surface area contributed by atoms with Crippen molar-refractivity contribution in [3.8, 4) is 0 Å². The fourth-order valence-corrected chi connectivity index (χ4v) is 5.09. The summed E-state index contributed by atoms with van der Waals surface area (Å²) in [7, 11) is -4.12. The van der Waals surface area contributed by atoms with Gasteiger partial charge in [0, 0.05) is 32.7 Å². The molecule has 32 heavy (non-hydrogen) atoms. The lowest BCUT2D eigenvalue weighted by Gasteiger charge is -2.33. The number of alkyl halides is 3. The maximum atomic E-state index is 13.1. The van der Waals surface area contributed by atoms with Gasteiger partial charge in [-0.1, -0.05) is 35.9 Å². The van der Waals surface area contributed by atoms with Crippen LogP contribution in [0.25, 0.3) is 0 Å². The largest absolute Gasteiger partial charge is 0.417 e. The van der Waals surface area contributed by atoms with Gasteiger partial charge in [0.05, 0.1) is 22.0 Å². The second-order valence-electron chi connectivity index (χ2n) is 7.52. The molecule has 0 atom stereocenters. The van der Waals surface area contributed by atoms with Crippen molar-refractivity contribution in [3.05, 3.63) is 64.2 Å². The van der Waals surface area contributed by atoms with Crippen LogP contribution in [0.4, 0.5) is 13.2 Å². The third kappa shape index (κ3) is 5.80. The van der Waals surface area contributed by atoms with Crippen LogP contribution in [0, 0.1) is 6.92 Å². The first-order valence-corrected chi connectivity index (χ1v) is 11.7. The molecule has 1 N–H and O–H groups in total. The van der Waals surface area contributed by atoms with Crippen LogP contribution in [-0.2, 0) is 27.5 Å². The van der Waals surface area contributed by atoms with Crippen LogP contribution >= 0.6 is 11.6 Å². The number of piperazine rings is 1. The van der Waals surface area contributed by atoms with Crippen LogP contribution in [0.3, 0.4) is 0 Å². The van der Waals surface area contributed by atoms with Gasteiger partial charge in [0.15, 0.2) is 0 Å². The predicted octanol–water partition coefficient (Wildman–Crippen LogP) is 3.29. The topological polar surface area (TPSA) is 69.7 Å². The SMILES string of the molecule is Cc1ccccc1CNC(=O)CN1CCN(S(=O)(=O)c2ccc(Cl)c(C(F)(F)F)c2)CC1. The van der Waals surface area contributed by atoms with Gasteiger partial charge in [-0.25, -0.2) is 8.42 Å². The summed E-state index contributed by atoms with van der Waals surface area (Å²) in [4.78, 5) is 13.6. The number of carbonyl (C=O) groups excluding carboxylic acids is 1. The van der Waals surface area contributed by atoms with E-state index in [4.69, 9.17) is 11.6 Å². The van der Waals surface area contributed by atoms with E-state index in [0.717, 1.165) is 27.6 Å². The Hall–Kier alpha value is -2.14. The third-order valence-electron chi connectivity index (χ3n) is 5.32. The van der Waals surface area contributed by atoms with Crippen molar-refractivity contribution in [1.82, 2.24) is 14.5 Å². The molecule has 174 valence electrons. The number of amides is 1. The number of hydrogen-bond acceptors (Lipinski definition) is 4. The minimum absolute atomic E-state index is 0.0668. The highest BCUT2D eigenvalue weighted by molar-refractivity contribution is 7.89. The zero-order valence-electron chi connectivity index (χ0n) is 17.3. The number of carbonyl (C=O) groups is 1. The molecular formula is C21H23ClF3N3O3S. The van der Waals surface area contributed by atoms with E-state index in [2.05, 4.69) is 5.32 Å². The lowest BCUT2D eigenvalue weighted by Crippen LogP contribution is -2.51. The first kappa shape index (κ1) is 24.5. The molecule has 1 amide bonds. The van der Waals surface area contributed by atoms with Crippen molar-refractivity contribution >= 4 is 27.5 Å². The number of benzene rings is 2. The van der Waals surface area contributed by atoms with Gasteiger partial charge < -0.3 is 5.32 Å². The maximum absolute atomic E-state index is 13.1. The van der Waals surface area contributed by atoms with Crippen molar-refractivity contribution < 1.29 is 26.4 Å². The molecule has 2 aromatic carbocycles. The molecule has 0 spiro atoms. The van der Waals surface area contributed by atoms with E-state index in [0.29, 0.717) is 12.6 Å². The molecular weight excluding hydrogens is 467 g/mol. The third-order valence-corrected chi connectivity index (χ3v) is 7.54. The van der Waals surface area contributed by atoms with Gasteiger partial charge in [0.1, 0.15) is 0 Å². The fraction of sp³-hybridized carbons (Fsp3) is 0.381. The summed E-state index contributed by atoms with van der Waals surface area (Å²) < 4.78 is 66.0. The average Bonchev–Trinajstić information content (AvgIpc) is 2.73. The van der Waals surface area contributed by atoms with E-state index in [1.807, 2.05) is 36.1 Å². The Bertz CT molecular complexity index is 1090. The standard InChI is InChI=1S/C21H23ClF3N3O3S/c1-15-4-2-3-5-16(15)13-26-20(29)14-27-8-10-28(11-9-27)32(30,31)17-6-7-19(22)18(12-17)21(23,24)25/h2-7,12H,8-11,13-14H2,1H3,(H,26,29). The molecule has 0 bridgehead atoms. The van der Waals surface area contributed by atoms with Gasteiger partial charge in [-0.15, -0.1) is 0 Å². The molecule has 6 nitrogen and oxygen atoms in total. The Morgan fingerprint density at radius 2 is 1.75 bits per heavy atom. The first-order valence-electron chi connectivity index (χ1n) is 9.89. The molecule has 0 aliphatic carbocycles. The van der Waals surface area contributed by atoms with Gasteiger partial charge in [-0.05, 0) is 36.2 Å². The summed E-state index contributed by atoms with van der Waals surface area (Å²) in [6.45, 7) is 3.18. The van der Waals surface area contributed by atoms with Crippen molar-refractivity contribution in [2.24, 2.45) is 0 Å². The summed E-state index contributed by atoms with van der Waals surface area (Å²) >= 11 is 5.58. The normalized spacial score (nSPS) is 16.2. The molecule has 0 radical (unpaired) electrons. The summed E-state index contributed by atoms with van der Waals surface area (Å²) in [5, 5.41) is 2.29. The highest BCUT2D eigenvalue weighted by atomic mass is 35.5. The predicted molar refractivity (Wildman–Crippen MR) is 115 cm³/mol. The van der Waals surface area contributed by atoms with Crippen molar-refractivity contribution in [2.45, 2.75) is 24.5 Å². The average molecular weight is 490 g/mol. The van der Waals surface area contributed by atoms with Crippen LogP contribution < -0.4 is 5.32 Å². The van der Waals surface area contributed by atoms with Gasteiger partial charge in [0.2, 0.25) is 15.9 Å². The van der Waals surface area contributed by atoms with E-state index in [9.17, 15) is 26.4 Å². The minimum atomic E-state index is -4.76. The highest BCUT2D eigenvalue weighted by Gasteiger charge is 2.36. The van der Waals surface area contributed by atoms with Gasteiger partial charge in [-0.3, -0.25) is 9.69 Å². The number of hydrogen-bond donors (Lipinski definition) is 1. The number of nitrogens with one attached hydrogen (secondary N) is 1. The van der Waals surface area contributed by atoms with Crippen LogP contribution in [0.5, 0.6) is 0 Å². The second-order valence-corrected chi connectivity index (χ2v) is 9.87. The zero-order chi connectivity index (χ0) is 23.5. The van der Waals surface area contributed by atoms with E-state index in [1.54, 1.807) is 0 Å². The Balaban J connectivity index is 1.57. The lowest BCUT2D eigenvalue weighted by molar-refractivity contribution is -0.137. The number of nitrogens with zero attached hydrogens (tertiary/aromatic N) is 2. The molecule has 11 heteroatoms. The number of aryl methyl sites for hydroxylation is 1. The summed E-state index contributed by atoms with van der Waals surface area (Å²) in [6, 6.07) is 10.3. The van der Waals surface area contributed by atoms with Crippen LogP contribution in [0.2, 0.25) is 5.02 Å². The molecule has 0 unspecified atom stereocenters. The lowest BCUT2D eigenvalue weighted by atomic mass is 10.1. The summed E-state index contributed by atoms with van der Waals surface area (Å²) in [6.07, 6.45) is -4.76. The Morgan fingerprint density at radius 3 is 2.38 bits per heavy atom. The van der Waals surface area contributed by atoms with Gasteiger partial charge >= 0.3 is 6.18 Å². The maximum Gasteiger partial charge on any atom is 0.417 e. The number of halogens is 4. The molecule has 1 aliphatic rings. The van der Waals surface area contributed by atoms with Crippen LogP contribution in [-0.4, -0.2) is 56.3 Å². The summed E-state index contributed by atoms with van der Waals surface area (Å²) in [5.41, 5.74) is 0.893. The molecule has 1 fully saturated rings. The van der Waals surface area contributed by atoms with Crippen molar-refractivity contribution in [1.29, 1.82) is 0 Å². The van der Waals surface area contributed by atoms with E-state index in [-0.39, 0.29) is 38.6 Å². The first-order chi connectivity index (χ1) is 15.0. The molecule has 2 aromatic rings. The van der Waals surface area contributed by atoms with Gasteiger partial charge in [-0.2, -0.15) is 17.5 Å². The van der Waals surface area contributed by atoms with E-state index >= 15 is 0 Å². The minimum Gasteiger partial charge on any atom is -0.351 e. The monoisotopic (exact) mass is 489 g/mol. The Morgan fingerprint density at radius 1 is 1.09 bits per heavy atom. The Labute approximate surface area is 190 Å². The molecule has 0 saturated carbocycles.